The predicted molar refractivity (Wildman–Crippen MR) is 141 cm³/mol. The van der Waals surface area contributed by atoms with Crippen LogP contribution in [-0.4, -0.2) is 49.6 Å². The van der Waals surface area contributed by atoms with Gasteiger partial charge >= 0.3 is 0 Å². The van der Waals surface area contributed by atoms with E-state index in [2.05, 4.69) is 10.2 Å². The van der Waals surface area contributed by atoms with Gasteiger partial charge in [-0.1, -0.05) is 6.07 Å². The van der Waals surface area contributed by atoms with Gasteiger partial charge in [0.15, 0.2) is 0 Å². The summed E-state index contributed by atoms with van der Waals surface area (Å²) in [6.45, 7) is 4.42. The first-order valence-electron chi connectivity index (χ1n) is 13.2. The molecule has 2 aliphatic heterocycles. The molecular weight excluding hydrogens is 545 g/mol. The van der Waals surface area contributed by atoms with E-state index in [4.69, 9.17) is 4.74 Å². The normalized spacial score (nSPS) is 19.0. The van der Waals surface area contributed by atoms with Gasteiger partial charge in [-0.2, -0.15) is 0 Å². The number of fused-ring (bicyclic) bond motifs is 1. The van der Waals surface area contributed by atoms with Crippen LogP contribution in [0.5, 0.6) is 0 Å². The summed E-state index contributed by atoms with van der Waals surface area (Å²) in [4.78, 5) is 30.5. The minimum Gasteiger partial charge on any atom is -0.379 e. The van der Waals surface area contributed by atoms with Gasteiger partial charge in [0.05, 0.1) is 25.2 Å². The summed E-state index contributed by atoms with van der Waals surface area (Å²) in [6.07, 6.45) is 0.460. The molecule has 0 bridgehead atoms. The van der Waals surface area contributed by atoms with Crippen molar-refractivity contribution in [3.63, 3.8) is 0 Å². The third-order valence-electron chi connectivity index (χ3n) is 7.69. The predicted octanol–water partition coefficient (Wildman–Crippen LogP) is 4.84. The van der Waals surface area contributed by atoms with Crippen LogP contribution in [0.4, 0.5) is 27.6 Å². The molecule has 1 unspecified atom stereocenters. The molecule has 0 radical (unpaired) electrons. The van der Waals surface area contributed by atoms with Gasteiger partial charge in [-0.05, 0) is 55.3 Å². The summed E-state index contributed by atoms with van der Waals surface area (Å²) >= 11 is 0. The van der Waals surface area contributed by atoms with Crippen LogP contribution in [0.1, 0.15) is 40.4 Å². The van der Waals surface area contributed by atoms with Gasteiger partial charge in [0.1, 0.15) is 29.1 Å². The molecule has 1 fully saturated rings. The average Bonchev–Trinajstić information content (AvgIpc) is 3.12. The fraction of sp³-hybridized carbons (Fsp3) is 0.333. The molecule has 0 aromatic heterocycles. The Kier molecular flexibility index (Phi) is 8.10. The highest BCUT2D eigenvalue weighted by molar-refractivity contribution is 6.09. The molecule has 1 atom stereocenters. The van der Waals surface area contributed by atoms with Crippen LogP contribution < -0.4 is 10.2 Å². The van der Waals surface area contributed by atoms with Crippen molar-refractivity contribution in [1.29, 1.82) is 0 Å². The highest BCUT2D eigenvalue weighted by atomic mass is 19.2. The Morgan fingerprint density at radius 2 is 1.56 bits per heavy atom. The summed E-state index contributed by atoms with van der Waals surface area (Å²) in [5, 5.41) is 2.42. The van der Waals surface area contributed by atoms with E-state index in [1.807, 2.05) is 0 Å². The number of benzene rings is 3. The number of hydrogen-bond donors (Lipinski definition) is 1. The first-order chi connectivity index (χ1) is 19.5. The minimum absolute atomic E-state index is 0.104. The number of anilines is 1. The summed E-state index contributed by atoms with van der Waals surface area (Å²) in [7, 11) is 0. The molecule has 1 N–H and O–H groups in total. The van der Waals surface area contributed by atoms with Gasteiger partial charge < -0.3 is 15.0 Å². The lowest BCUT2D eigenvalue weighted by Gasteiger charge is -2.31. The van der Waals surface area contributed by atoms with Gasteiger partial charge in [-0.3, -0.25) is 14.5 Å². The number of hydrogen-bond acceptors (Lipinski definition) is 4. The second kappa shape index (κ2) is 11.6. The Balaban J connectivity index is 1.43. The number of carbonyl (C=O) groups excluding carboxylic acids is 2. The van der Waals surface area contributed by atoms with Crippen LogP contribution in [0.3, 0.4) is 0 Å². The highest BCUT2D eigenvalue weighted by Crippen LogP contribution is 2.45. The first-order valence-corrected chi connectivity index (χ1v) is 13.2. The molecule has 1 saturated heterocycles. The molecular formula is C30H28F5N3O3. The maximum atomic E-state index is 14.1. The molecule has 0 spiro atoms. The van der Waals surface area contributed by atoms with E-state index in [1.54, 1.807) is 13.0 Å². The van der Waals surface area contributed by atoms with Crippen molar-refractivity contribution < 1.29 is 36.3 Å². The summed E-state index contributed by atoms with van der Waals surface area (Å²) in [6, 6.07) is 8.72. The third-order valence-corrected chi connectivity index (χ3v) is 7.69. The van der Waals surface area contributed by atoms with Crippen molar-refractivity contribution in [3.8, 4) is 0 Å². The van der Waals surface area contributed by atoms with Gasteiger partial charge in [0, 0.05) is 54.6 Å². The van der Waals surface area contributed by atoms with E-state index in [-0.39, 0.29) is 23.6 Å². The first kappa shape index (κ1) is 28.7. The molecule has 6 nitrogen and oxygen atoms in total. The van der Waals surface area contributed by atoms with Crippen LogP contribution in [0.15, 0.2) is 48.5 Å². The fourth-order valence-corrected chi connectivity index (χ4v) is 5.39. The average molecular weight is 574 g/mol. The largest absolute Gasteiger partial charge is 0.379 e. The number of nitrogens with one attached hydrogen (secondary N) is 1. The van der Waals surface area contributed by atoms with E-state index < -0.39 is 52.5 Å². The van der Waals surface area contributed by atoms with Gasteiger partial charge in [-0.15, -0.1) is 0 Å². The number of halogens is 5. The zero-order valence-corrected chi connectivity index (χ0v) is 22.3. The Morgan fingerprint density at radius 1 is 0.927 bits per heavy atom. The molecule has 216 valence electrons. The summed E-state index contributed by atoms with van der Waals surface area (Å²) < 4.78 is 74.7. The Labute approximate surface area is 233 Å². The van der Waals surface area contributed by atoms with Crippen molar-refractivity contribution in [3.05, 3.63) is 99.9 Å². The smallest absolute Gasteiger partial charge is 0.251 e. The summed E-state index contributed by atoms with van der Waals surface area (Å²) in [5.74, 6) is -5.86. The van der Waals surface area contributed by atoms with Gasteiger partial charge in [0.25, 0.3) is 5.91 Å². The number of morpholine rings is 1. The van der Waals surface area contributed by atoms with E-state index in [0.29, 0.717) is 49.6 Å². The number of nitrogens with zero attached hydrogens (tertiary/aromatic N) is 2. The van der Waals surface area contributed by atoms with Crippen LogP contribution in [0, 0.1) is 29.1 Å². The number of rotatable bonds is 8. The standard InChI is InChI=1S/C30H28F5N3O3/c1-30(4-5-37-6-8-41-9-7-37)24-3-2-19(28(39)36-16-23-25(34)14-22(33)15-26(23)35)12-27(24)38(29(30)40)17-18-10-20(31)13-21(32)11-18/h2-3,10-15H,4-9,16-17H2,1H3,(H,36,39). The lowest BCUT2D eigenvalue weighted by atomic mass is 9.80. The van der Waals surface area contributed by atoms with E-state index >= 15 is 0 Å². The molecule has 2 heterocycles. The molecule has 0 aliphatic carbocycles. The Hall–Kier alpha value is -3.83. The molecule has 5 rings (SSSR count). The number of carbonyl (C=O) groups is 2. The molecule has 41 heavy (non-hydrogen) atoms. The van der Waals surface area contributed by atoms with Gasteiger partial charge in [-0.25, -0.2) is 22.0 Å². The quantitative estimate of drug-likeness (QED) is 0.392. The van der Waals surface area contributed by atoms with Gasteiger partial charge in [0.2, 0.25) is 5.91 Å². The second-order valence-electron chi connectivity index (χ2n) is 10.5. The van der Waals surface area contributed by atoms with Crippen molar-refractivity contribution >= 4 is 17.5 Å². The van der Waals surface area contributed by atoms with Crippen molar-refractivity contribution in [2.45, 2.75) is 31.8 Å². The minimum atomic E-state index is -1.13. The number of amides is 2. The zero-order chi connectivity index (χ0) is 29.3. The van der Waals surface area contributed by atoms with Crippen molar-refractivity contribution in [1.82, 2.24) is 10.2 Å². The molecule has 2 aliphatic rings. The van der Waals surface area contributed by atoms with Crippen LogP contribution in [0.2, 0.25) is 0 Å². The molecule has 3 aromatic rings. The molecule has 2 amide bonds. The maximum Gasteiger partial charge on any atom is 0.251 e. The van der Waals surface area contributed by atoms with Crippen molar-refractivity contribution in [2.24, 2.45) is 0 Å². The van der Waals surface area contributed by atoms with Crippen LogP contribution >= 0.6 is 0 Å². The number of ether oxygens (including phenoxy) is 1. The molecule has 3 aromatic carbocycles. The van der Waals surface area contributed by atoms with E-state index in [1.165, 1.54) is 17.0 Å². The highest BCUT2D eigenvalue weighted by Gasteiger charge is 2.47. The SMILES string of the molecule is CC1(CCN2CCOCC2)C(=O)N(Cc2cc(F)cc(F)c2)c2cc(C(=O)NCc3c(F)cc(F)cc3F)ccc21. The summed E-state index contributed by atoms with van der Waals surface area (Å²) in [5.41, 5.74) is -0.0875. The lowest BCUT2D eigenvalue weighted by Crippen LogP contribution is -2.43. The topological polar surface area (TPSA) is 61.9 Å². The van der Waals surface area contributed by atoms with Crippen molar-refractivity contribution in [2.75, 3.05) is 37.7 Å². The monoisotopic (exact) mass is 573 g/mol. The van der Waals surface area contributed by atoms with E-state index in [9.17, 15) is 31.5 Å². The van der Waals surface area contributed by atoms with Crippen LogP contribution in [-0.2, 0) is 28.0 Å². The zero-order valence-electron chi connectivity index (χ0n) is 22.3. The van der Waals surface area contributed by atoms with E-state index in [0.717, 1.165) is 31.3 Å². The Morgan fingerprint density at radius 3 is 2.22 bits per heavy atom. The second-order valence-corrected chi connectivity index (χ2v) is 10.5. The molecule has 0 saturated carbocycles. The Bertz CT molecular complexity index is 1450. The molecule has 11 heteroatoms. The lowest BCUT2D eigenvalue weighted by molar-refractivity contribution is -0.123. The van der Waals surface area contributed by atoms with Crippen LogP contribution in [0.25, 0.3) is 0 Å². The fourth-order valence-electron chi connectivity index (χ4n) is 5.39. The third kappa shape index (κ3) is 5.96. The maximum absolute atomic E-state index is 14.1.